The standard InChI is InChI=1S/C21H23F3N4O4/c22-21(23,24)14-3-5-16(6-4-14)32-12-18(29)28-9-1-2-17(28)20(31)27-15(11-25)10-13-7-8-26-19(13)30/h3-6,13,15,17H,1-2,7-10,12H2,(H,26,30)(H,27,31). The zero-order chi connectivity index (χ0) is 23.3. The van der Waals surface area contributed by atoms with Gasteiger partial charge >= 0.3 is 6.18 Å². The molecule has 0 aliphatic carbocycles. The monoisotopic (exact) mass is 452 g/mol. The Balaban J connectivity index is 1.53. The number of halogens is 3. The van der Waals surface area contributed by atoms with Crippen LogP contribution in [0.25, 0.3) is 0 Å². The van der Waals surface area contributed by atoms with E-state index in [9.17, 15) is 32.8 Å². The normalized spacial score (nSPS) is 21.6. The van der Waals surface area contributed by atoms with Crippen molar-refractivity contribution in [2.45, 2.75) is 43.9 Å². The van der Waals surface area contributed by atoms with E-state index in [-0.39, 0.29) is 24.0 Å². The van der Waals surface area contributed by atoms with Gasteiger partial charge in [0.15, 0.2) is 6.61 Å². The summed E-state index contributed by atoms with van der Waals surface area (Å²) in [6.07, 6.45) is -2.66. The Kier molecular flexibility index (Phi) is 7.22. The SMILES string of the molecule is N#CC(CC1CCNC1=O)NC(=O)C1CCCN1C(=O)COc1ccc(C(F)(F)F)cc1. The van der Waals surface area contributed by atoms with Gasteiger partial charge in [-0.1, -0.05) is 0 Å². The summed E-state index contributed by atoms with van der Waals surface area (Å²) < 4.78 is 43.2. The predicted octanol–water partition coefficient (Wildman–Crippen LogP) is 1.61. The van der Waals surface area contributed by atoms with E-state index in [1.807, 2.05) is 6.07 Å². The van der Waals surface area contributed by atoms with Gasteiger partial charge in [-0.2, -0.15) is 18.4 Å². The number of carbonyl (C=O) groups is 3. The second-order valence-electron chi connectivity index (χ2n) is 7.76. The van der Waals surface area contributed by atoms with Crippen LogP contribution in [0, 0.1) is 17.2 Å². The molecule has 8 nitrogen and oxygen atoms in total. The topological polar surface area (TPSA) is 112 Å². The summed E-state index contributed by atoms with van der Waals surface area (Å²) in [5.41, 5.74) is -0.824. The molecule has 32 heavy (non-hydrogen) atoms. The first-order chi connectivity index (χ1) is 15.2. The third-order valence-electron chi connectivity index (χ3n) is 5.58. The van der Waals surface area contributed by atoms with Gasteiger partial charge in [-0.05, 0) is 49.9 Å². The van der Waals surface area contributed by atoms with Crippen LogP contribution in [0.1, 0.15) is 31.2 Å². The first kappa shape index (κ1) is 23.4. The number of nitrogens with zero attached hydrogens (tertiary/aromatic N) is 2. The van der Waals surface area contributed by atoms with Crippen molar-refractivity contribution in [1.29, 1.82) is 5.26 Å². The van der Waals surface area contributed by atoms with Crippen LogP contribution in [0.3, 0.4) is 0 Å². The van der Waals surface area contributed by atoms with Crippen molar-refractivity contribution < 1.29 is 32.3 Å². The number of alkyl halides is 3. The van der Waals surface area contributed by atoms with E-state index in [1.54, 1.807) is 0 Å². The Bertz CT molecular complexity index is 898. The van der Waals surface area contributed by atoms with Gasteiger partial charge in [0.2, 0.25) is 11.8 Å². The lowest BCUT2D eigenvalue weighted by molar-refractivity contribution is -0.140. The minimum atomic E-state index is -4.46. The summed E-state index contributed by atoms with van der Waals surface area (Å²) in [4.78, 5) is 38.3. The fraction of sp³-hybridized carbons (Fsp3) is 0.524. The number of likely N-dealkylation sites (tertiary alicyclic amines) is 1. The maximum atomic E-state index is 12.7. The smallest absolute Gasteiger partial charge is 0.416 e. The molecule has 1 aromatic rings. The van der Waals surface area contributed by atoms with Gasteiger partial charge in [-0.3, -0.25) is 14.4 Å². The van der Waals surface area contributed by atoms with Gasteiger partial charge in [0.25, 0.3) is 5.91 Å². The maximum Gasteiger partial charge on any atom is 0.416 e. The van der Waals surface area contributed by atoms with Gasteiger partial charge in [-0.15, -0.1) is 0 Å². The molecule has 11 heteroatoms. The Morgan fingerprint density at radius 1 is 1.28 bits per heavy atom. The van der Waals surface area contributed by atoms with Crippen molar-refractivity contribution in [3.63, 3.8) is 0 Å². The highest BCUT2D eigenvalue weighted by atomic mass is 19.4. The fourth-order valence-electron chi connectivity index (χ4n) is 3.87. The zero-order valence-corrected chi connectivity index (χ0v) is 17.2. The average molecular weight is 452 g/mol. The number of benzene rings is 1. The second kappa shape index (κ2) is 9.89. The van der Waals surface area contributed by atoms with Gasteiger partial charge in [0, 0.05) is 19.0 Å². The number of carbonyl (C=O) groups excluding carboxylic acids is 3. The third-order valence-corrected chi connectivity index (χ3v) is 5.58. The van der Waals surface area contributed by atoms with E-state index < -0.39 is 42.2 Å². The average Bonchev–Trinajstić information content (AvgIpc) is 3.40. The molecule has 2 aliphatic heterocycles. The molecule has 3 unspecified atom stereocenters. The molecule has 2 heterocycles. The summed E-state index contributed by atoms with van der Waals surface area (Å²) in [7, 11) is 0. The number of nitriles is 1. The fourth-order valence-corrected chi connectivity index (χ4v) is 3.87. The Morgan fingerprint density at radius 2 is 2.00 bits per heavy atom. The molecule has 2 fully saturated rings. The van der Waals surface area contributed by atoms with Crippen molar-refractivity contribution in [3.05, 3.63) is 29.8 Å². The molecule has 2 saturated heterocycles. The highest BCUT2D eigenvalue weighted by molar-refractivity contribution is 5.89. The lowest BCUT2D eigenvalue weighted by Crippen LogP contribution is -2.50. The molecule has 2 N–H and O–H groups in total. The van der Waals surface area contributed by atoms with E-state index in [1.165, 1.54) is 4.90 Å². The Labute approximate surface area is 182 Å². The van der Waals surface area contributed by atoms with Gasteiger partial charge in [-0.25, -0.2) is 0 Å². The molecule has 2 aliphatic rings. The third kappa shape index (κ3) is 5.69. The van der Waals surface area contributed by atoms with Crippen LogP contribution < -0.4 is 15.4 Å². The van der Waals surface area contributed by atoms with Crippen LogP contribution in [-0.2, 0) is 20.6 Å². The minimum absolute atomic E-state index is 0.103. The summed E-state index contributed by atoms with van der Waals surface area (Å²) in [6.45, 7) is 0.439. The molecule has 172 valence electrons. The van der Waals surface area contributed by atoms with Crippen LogP contribution in [0.5, 0.6) is 5.75 Å². The highest BCUT2D eigenvalue weighted by Crippen LogP contribution is 2.30. The Morgan fingerprint density at radius 3 is 2.59 bits per heavy atom. The van der Waals surface area contributed by atoms with Crippen molar-refractivity contribution in [3.8, 4) is 11.8 Å². The maximum absolute atomic E-state index is 12.7. The number of hydrogen-bond donors (Lipinski definition) is 2. The molecule has 3 rings (SSSR count). The quantitative estimate of drug-likeness (QED) is 0.653. The number of rotatable bonds is 7. The van der Waals surface area contributed by atoms with Gasteiger partial charge in [0.1, 0.15) is 17.8 Å². The van der Waals surface area contributed by atoms with E-state index in [2.05, 4.69) is 10.6 Å². The first-order valence-electron chi connectivity index (χ1n) is 10.3. The van der Waals surface area contributed by atoms with Crippen molar-refractivity contribution in [1.82, 2.24) is 15.5 Å². The van der Waals surface area contributed by atoms with Gasteiger partial charge < -0.3 is 20.3 Å². The Hall–Kier alpha value is -3.29. The van der Waals surface area contributed by atoms with Crippen molar-refractivity contribution in [2.24, 2.45) is 5.92 Å². The van der Waals surface area contributed by atoms with Crippen molar-refractivity contribution >= 4 is 17.7 Å². The molecule has 3 amide bonds. The lowest BCUT2D eigenvalue weighted by Gasteiger charge is -2.25. The number of hydrogen-bond acceptors (Lipinski definition) is 5. The predicted molar refractivity (Wildman–Crippen MR) is 105 cm³/mol. The molecular formula is C21H23F3N4O4. The molecule has 0 saturated carbocycles. The molecule has 1 aromatic carbocycles. The van der Waals surface area contributed by atoms with E-state index in [0.29, 0.717) is 32.4 Å². The van der Waals surface area contributed by atoms with Crippen LogP contribution in [0.4, 0.5) is 13.2 Å². The summed E-state index contributed by atoms with van der Waals surface area (Å²) >= 11 is 0. The molecule has 0 spiro atoms. The van der Waals surface area contributed by atoms with Crippen LogP contribution >= 0.6 is 0 Å². The van der Waals surface area contributed by atoms with Crippen molar-refractivity contribution in [2.75, 3.05) is 19.7 Å². The number of nitrogens with one attached hydrogen (secondary N) is 2. The molecule has 0 aromatic heterocycles. The minimum Gasteiger partial charge on any atom is -0.484 e. The lowest BCUT2D eigenvalue weighted by atomic mass is 9.99. The second-order valence-corrected chi connectivity index (χ2v) is 7.76. The summed E-state index contributed by atoms with van der Waals surface area (Å²) in [6, 6.07) is 4.34. The number of ether oxygens (including phenoxy) is 1. The van der Waals surface area contributed by atoms with E-state index >= 15 is 0 Å². The zero-order valence-electron chi connectivity index (χ0n) is 17.2. The summed E-state index contributed by atoms with van der Waals surface area (Å²) in [5.74, 6) is -1.33. The van der Waals surface area contributed by atoms with Crippen LogP contribution in [0.2, 0.25) is 0 Å². The first-order valence-corrected chi connectivity index (χ1v) is 10.3. The van der Waals surface area contributed by atoms with Gasteiger partial charge in [0.05, 0.1) is 11.6 Å². The summed E-state index contributed by atoms with van der Waals surface area (Å²) in [5, 5.41) is 14.6. The van der Waals surface area contributed by atoms with E-state index in [4.69, 9.17) is 4.74 Å². The molecule has 3 atom stereocenters. The van der Waals surface area contributed by atoms with Crippen LogP contribution in [-0.4, -0.2) is 54.4 Å². The highest BCUT2D eigenvalue weighted by Gasteiger charge is 2.36. The number of amides is 3. The van der Waals surface area contributed by atoms with E-state index in [0.717, 1.165) is 24.3 Å². The van der Waals surface area contributed by atoms with Crippen LogP contribution in [0.15, 0.2) is 24.3 Å². The molecule has 0 radical (unpaired) electrons. The largest absolute Gasteiger partial charge is 0.484 e. The molecule has 0 bridgehead atoms. The molecular weight excluding hydrogens is 429 g/mol.